The van der Waals surface area contributed by atoms with Crippen LogP contribution in [0.2, 0.25) is 0 Å². The van der Waals surface area contributed by atoms with E-state index in [1.165, 1.54) is 0 Å². The van der Waals surface area contributed by atoms with E-state index in [1.807, 2.05) is 24.3 Å². The minimum atomic E-state index is -1.21. The fourth-order valence-corrected chi connectivity index (χ4v) is 3.53. The van der Waals surface area contributed by atoms with Gasteiger partial charge in [0.05, 0.1) is 10.8 Å². The first-order valence-corrected chi connectivity index (χ1v) is 9.12. The summed E-state index contributed by atoms with van der Waals surface area (Å²) in [5, 5.41) is 0. The van der Waals surface area contributed by atoms with Crippen molar-refractivity contribution in [2.45, 2.75) is 9.79 Å². The Morgan fingerprint density at radius 3 is 1.77 bits per heavy atom. The van der Waals surface area contributed by atoms with Crippen LogP contribution >= 0.6 is 23.2 Å². The van der Waals surface area contributed by atoms with E-state index in [-0.39, 0.29) is 0 Å². The van der Waals surface area contributed by atoms with E-state index in [0.29, 0.717) is 17.4 Å². The number of halogens is 2. The largest absolute Gasteiger partial charge is 0.399 e. The molecule has 0 aliphatic heterocycles. The second kappa shape index (κ2) is 8.42. The van der Waals surface area contributed by atoms with Crippen LogP contribution in [-0.4, -0.2) is 29.1 Å². The van der Waals surface area contributed by atoms with E-state index >= 15 is 0 Å². The zero-order valence-electron chi connectivity index (χ0n) is 12.0. The average molecular weight is 357 g/mol. The highest BCUT2D eigenvalue weighted by molar-refractivity contribution is 7.85. The van der Waals surface area contributed by atoms with Crippen molar-refractivity contribution < 1.29 is 4.21 Å². The molecule has 0 aliphatic rings. The van der Waals surface area contributed by atoms with Crippen molar-refractivity contribution in [2.75, 3.05) is 35.5 Å². The minimum Gasteiger partial charge on any atom is -0.399 e. The molecule has 1 atom stereocenters. The molecule has 6 heteroatoms. The molecule has 2 N–H and O–H groups in total. The van der Waals surface area contributed by atoms with Gasteiger partial charge < -0.3 is 10.6 Å². The molecule has 2 aromatic carbocycles. The van der Waals surface area contributed by atoms with Crippen molar-refractivity contribution in [1.29, 1.82) is 0 Å². The molecule has 0 bridgehead atoms. The average Bonchev–Trinajstić information content (AvgIpc) is 2.55. The number of alkyl halides is 2. The molecule has 22 heavy (non-hydrogen) atoms. The van der Waals surface area contributed by atoms with Gasteiger partial charge >= 0.3 is 0 Å². The van der Waals surface area contributed by atoms with Crippen molar-refractivity contribution in [2.24, 2.45) is 0 Å². The van der Waals surface area contributed by atoms with Crippen LogP contribution in [0, 0.1) is 0 Å². The van der Waals surface area contributed by atoms with Gasteiger partial charge in [0.15, 0.2) is 0 Å². The Morgan fingerprint density at radius 2 is 1.32 bits per heavy atom. The van der Waals surface area contributed by atoms with E-state index < -0.39 is 10.8 Å². The number of hydrogen-bond donors (Lipinski definition) is 1. The molecule has 0 aromatic heterocycles. The van der Waals surface area contributed by atoms with Gasteiger partial charge in [-0.3, -0.25) is 0 Å². The number of nitrogens with two attached hydrogens (primary N) is 1. The molecule has 0 saturated heterocycles. The summed E-state index contributed by atoms with van der Waals surface area (Å²) < 4.78 is 12.5. The van der Waals surface area contributed by atoms with Crippen LogP contribution in [0.3, 0.4) is 0 Å². The summed E-state index contributed by atoms with van der Waals surface area (Å²) in [4.78, 5) is 3.60. The van der Waals surface area contributed by atoms with E-state index in [1.54, 1.807) is 24.3 Å². The second-order valence-electron chi connectivity index (χ2n) is 4.70. The number of benzene rings is 2. The standard InChI is InChI=1S/C16H18Cl2N2OS/c17-9-11-20(12-10-18)14-3-7-16(8-4-14)22(21)15-5-1-13(19)2-6-15/h1-8H,9-12,19H2/t22-/m1/s1. The van der Waals surface area contributed by atoms with Gasteiger partial charge in [0.25, 0.3) is 0 Å². The number of nitrogen functional groups attached to an aromatic ring is 1. The third-order valence-corrected chi connectivity index (χ3v) is 4.96. The molecule has 0 fully saturated rings. The Bertz CT molecular complexity index is 611. The van der Waals surface area contributed by atoms with Gasteiger partial charge in [-0.1, -0.05) is 0 Å². The highest BCUT2D eigenvalue weighted by Crippen LogP contribution is 2.21. The fraction of sp³-hybridized carbons (Fsp3) is 0.250. The van der Waals surface area contributed by atoms with Gasteiger partial charge in [-0.2, -0.15) is 0 Å². The normalized spacial score (nSPS) is 12.1. The van der Waals surface area contributed by atoms with Gasteiger partial charge in [0, 0.05) is 46.0 Å². The summed E-state index contributed by atoms with van der Waals surface area (Å²) in [6, 6.07) is 14.7. The van der Waals surface area contributed by atoms with Crippen LogP contribution in [0.5, 0.6) is 0 Å². The predicted octanol–water partition coefficient (Wildman–Crippen LogP) is 3.72. The van der Waals surface area contributed by atoms with Crippen LogP contribution < -0.4 is 10.6 Å². The quantitative estimate of drug-likeness (QED) is 0.607. The Hall–Kier alpha value is -1.23. The van der Waals surface area contributed by atoms with Gasteiger partial charge in [-0.25, -0.2) is 4.21 Å². The minimum absolute atomic E-state index is 0.538. The molecular formula is C16H18Cl2N2OS. The number of nitrogens with zero attached hydrogens (tertiary/aromatic N) is 1. The Morgan fingerprint density at radius 1 is 0.864 bits per heavy atom. The van der Waals surface area contributed by atoms with Gasteiger partial charge in [0.2, 0.25) is 0 Å². The van der Waals surface area contributed by atoms with Crippen LogP contribution in [0.25, 0.3) is 0 Å². The van der Waals surface area contributed by atoms with Crippen molar-refractivity contribution in [3.8, 4) is 0 Å². The third-order valence-electron chi connectivity index (χ3n) is 3.22. The molecule has 2 rings (SSSR count). The lowest BCUT2D eigenvalue weighted by Gasteiger charge is -2.22. The zero-order chi connectivity index (χ0) is 15.9. The molecular weight excluding hydrogens is 339 g/mol. The highest BCUT2D eigenvalue weighted by atomic mass is 35.5. The maximum atomic E-state index is 12.5. The Kier molecular flexibility index (Phi) is 6.55. The molecule has 0 unspecified atom stereocenters. The lowest BCUT2D eigenvalue weighted by atomic mass is 10.3. The molecule has 0 amide bonds. The monoisotopic (exact) mass is 356 g/mol. The van der Waals surface area contributed by atoms with Crippen LogP contribution in [-0.2, 0) is 10.8 Å². The van der Waals surface area contributed by atoms with Crippen LogP contribution in [0.4, 0.5) is 11.4 Å². The first kappa shape index (κ1) is 17.1. The maximum Gasteiger partial charge on any atom is 0.0849 e. The van der Waals surface area contributed by atoms with Crippen molar-refractivity contribution >= 4 is 45.4 Å². The zero-order valence-corrected chi connectivity index (χ0v) is 14.4. The molecule has 0 radical (unpaired) electrons. The highest BCUT2D eigenvalue weighted by Gasteiger charge is 2.09. The third kappa shape index (κ3) is 4.38. The molecule has 0 aliphatic carbocycles. The summed E-state index contributed by atoms with van der Waals surface area (Å²) in [6.45, 7) is 1.46. The summed E-state index contributed by atoms with van der Waals surface area (Å²) >= 11 is 11.6. The summed E-state index contributed by atoms with van der Waals surface area (Å²) in [5.74, 6) is 1.08. The van der Waals surface area contributed by atoms with Crippen molar-refractivity contribution in [1.82, 2.24) is 0 Å². The van der Waals surface area contributed by atoms with Crippen molar-refractivity contribution in [3.63, 3.8) is 0 Å². The second-order valence-corrected chi connectivity index (χ2v) is 6.93. The fourth-order valence-electron chi connectivity index (χ4n) is 2.08. The number of hydrogen-bond acceptors (Lipinski definition) is 3. The van der Waals surface area contributed by atoms with E-state index in [4.69, 9.17) is 28.9 Å². The van der Waals surface area contributed by atoms with Gasteiger partial charge in [-0.05, 0) is 48.5 Å². The van der Waals surface area contributed by atoms with Gasteiger partial charge in [-0.15, -0.1) is 23.2 Å². The topological polar surface area (TPSA) is 46.3 Å². The summed E-state index contributed by atoms with van der Waals surface area (Å²) in [5.41, 5.74) is 7.34. The maximum absolute atomic E-state index is 12.5. The molecule has 0 saturated carbocycles. The first-order valence-electron chi connectivity index (χ1n) is 6.90. The first-order chi connectivity index (χ1) is 10.7. The lowest BCUT2D eigenvalue weighted by molar-refractivity contribution is 0.683. The number of rotatable bonds is 7. The molecule has 0 heterocycles. The summed E-state index contributed by atoms with van der Waals surface area (Å²) in [7, 11) is -1.21. The molecule has 3 nitrogen and oxygen atoms in total. The van der Waals surface area contributed by atoms with E-state index in [0.717, 1.165) is 28.6 Å². The predicted molar refractivity (Wildman–Crippen MR) is 95.6 cm³/mol. The molecule has 2 aromatic rings. The van der Waals surface area contributed by atoms with Crippen LogP contribution in [0.15, 0.2) is 58.3 Å². The molecule has 118 valence electrons. The summed E-state index contributed by atoms with van der Waals surface area (Å²) in [6.07, 6.45) is 0. The molecule has 0 spiro atoms. The van der Waals surface area contributed by atoms with E-state index in [9.17, 15) is 4.21 Å². The van der Waals surface area contributed by atoms with Crippen LogP contribution in [0.1, 0.15) is 0 Å². The number of anilines is 2. The smallest absolute Gasteiger partial charge is 0.0849 e. The lowest BCUT2D eigenvalue weighted by Crippen LogP contribution is -2.27. The Balaban J connectivity index is 2.17. The van der Waals surface area contributed by atoms with E-state index in [2.05, 4.69) is 4.90 Å². The Labute approximate surface area is 143 Å². The SMILES string of the molecule is Nc1ccc([S@@](=O)c2ccc(N(CCCl)CCCl)cc2)cc1. The van der Waals surface area contributed by atoms with Gasteiger partial charge in [0.1, 0.15) is 0 Å². The van der Waals surface area contributed by atoms with Crippen molar-refractivity contribution in [3.05, 3.63) is 48.5 Å².